The van der Waals surface area contributed by atoms with Gasteiger partial charge in [0.25, 0.3) is 0 Å². The Kier molecular flexibility index (Phi) is 4.53. The fraction of sp³-hybridized carbons (Fsp3) is 0.800. The van der Waals surface area contributed by atoms with E-state index in [1.54, 1.807) is 0 Å². The number of amides is 1. The number of hydrogen-bond acceptors (Lipinski definition) is 4. The summed E-state index contributed by atoms with van der Waals surface area (Å²) in [5, 5.41) is 11.9. The summed E-state index contributed by atoms with van der Waals surface area (Å²) in [6.07, 6.45) is 1.33. The van der Waals surface area contributed by atoms with E-state index in [4.69, 9.17) is 11.0 Å². The molecule has 2 atom stereocenters. The molecule has 15 heavy (non-hydrogen) atoms. The number of hydrogen-bond donors (Lipinski definition) is 2. The van der Waals surface area contributed by atoms with Gasteiger partial charge in [-0.3, -0.25) is 9.69 Å². The molecule has 1 amide bonds. The topological polar surface area (TPSA) is 82.2 Å². The minimum Gasteiger partial charge on any atom is -0.368 e. The van der Waals surface area contributed by atoms with Crippen molar-refractivity contribution >= 4 is 5.91 Å². The summed E-state index contributed by atoms with van der Waals surface area (Å²) < 4.78 is 0. The molecule has 0 bridgehead atoms. The Balaban J connectivity index is 2.69. The van der Waals surface area contributed by atoms with Crippen molar-refractivity contribution in [3.63, 3.8) is 0 Å². The first kappa shape index (κ1) is 12.0. The van der Waals surface area contributed by atoms with Crippen LogP contribution in [0.25, 0.3) is 0 Å². The molecule has 84 valence electrons. The zero-order valence-electron chi connectivity index (χ0n) is 9.07. The van der Waals surface area contributed by atoms with E-state index >= 15 is 0 Å². The third-order valence-corrected chi connectivity index (χ3v) is 2.88. The van der Waals surface area contributed by atoms with Crippen molar-refractivity contribution < 1.29 is 4.79 Å². The average molecular weight is 210 g/mol. The minimum absolute atomic E-state index is 0.148. The molecule has 2 unspecified atom stereocenters. The second kappa shape index (κ2) is 5.69. The number of nitrogens with one attached hydrogen (secondary N) is 1. The Morgan fingerprint density at radius 2 is 2.53 bits per heavy atom. The first-order valence-corrected chi connectivity index (χ1v) is 5.33. The highest BCUT2D eigenvalue weighted by atomic mass is 16.1. The Morgan fingerprint density at radius 3 is 3.07 bits per heavy atom. The maximum absolute atomic E-state index is 11.2. The molecule has 0 aromatic rings. The summed E-state index contributed by atoms with van der Waals surface area (Å²) in [7, 11) is 0. The van der Waals surface area contributed by atoms with Gasteiger partial charge in [0.1, 0.15) is 6.04 Å². The van der Waals surface area contributed by atoms with Crippen LogP contribution in [0, 0.1) is 11.3 Å². The SMILES string of the molecule is CCC(CC#N)N1CCNCC1C(N)=O. The lowest BCUT2D eigenvalue weighted by atomic mass is 10.0. The molecule has 0 radical (unpaired) electrons. The Hall–Kier alpha value is -1.12. The van der Waals surface area contributed by atoms with Gasteiger partial charge in [-0.15, -0.1) is 0 Å². The molecule has 1 saturated heterocycles. The highest BCUT2D eigenvalue weighted by molar-refractivity contribution is 5.80. The largest absolute Gasteiger partial charge is 0.368 e. The third kappa shape index (κ3) is 2.91. The summed E-state index contributed by atoms with van der Waals surface area (Å²) in [5.41, 5.74) is 5.34. The van der Waals surface area contributed by atoms with Crippen molar-refractivity contribution in [2.45, 2.75) is 31.8 Å². The molecule has 0 aliphatic carbocycles. The molecule has 1 rings (SSSR count). The fourth-order valence-electron chi connectivity index (χ4n) is 2.02. The molecule has 0 saturated carbocycles. The van der Waals surface area contributed by atoms with E-state index in [1.807, 2.05) is 6.92 Å². The van der Waals surface area contributed by atoms with Gasteiger partial charge < -0.3 is 11.1 Å². The highest BCUT2D eigenvalue weighted by Gasteiger charge is 2.31. The first-order valence-electron chi connectivity index (χ1n) is 5.33. The lowest BCUT2D eigenvalue weighted by Crippen LogP contribution is -2.59. The molecule has 0 spiro atoms. The van der Waals surface area contributed by atoms with Crippen molar-refractivity contribution in [3.05, 3.63) is 0 Å². The van der Waals surface area contributed by atoms with E-state index in [1.165, 1.54) is 0 Å². The predicted octanol–water partition coefficient (Wildman–Crippen LogP) is -0.562. The van der Waals surface area contributed by atoms with Crippen LogP contribution in [-0.4, -0.2) is 42.5 Å². The van der Waals surface area contributed by atoms with Gasteiger partial charge in [0.15, 0.2) is 0 Å². The minimum atomic E-state index is -0.307. The average Bonchev–Trinajstić information content (AvgIpc) is 2.26. The molecule has 1 aliphatic rings. The lowest BCUT2D eigenvalue weighted by molar-refractivity contribution is -0.124. The molecule has 1 aliphatic heterocycles. The molecular weight excluding hydrogens is 192 g/mol. The van der Waals surface area contributed by atoms with Crippen molar-refractivity contribution in [2.75, 3.05) is 19.6 Å². The van der Waals surface area contributed by atoms with Crippen LogP contribution in [0.5, 0.6) is 0 Å². The third-order valence-electron chi connectivity index (χ3n) is 2.88. The van der Waals surface area contributed by atoms with Crippen LogP contribution in [0.2, 0.25) is 0 Å². The molecule has 1 fully saturated rings. The molecule has 0 aromatic carbocycles. The van der Waals surface area contributed by atoms with E-state index in [9.17, 15) is 4.79 Å². The molecule has 5 nitrogen and oxygen atoms in total. The molecule has 0 aromatic heterocycles. The molecule has 3 N–H and O–H groups in total. The number of primary amides is 1. The van der Waals surface area contributed by atoms with Gasteiger partial charge in [-0.05, 0) is 6.42 Å². The van der Waals surface area contributed by atoms with Crippen LogP contribution < -0.4 is 11.1 Å². The second-order valence-corrected chi connectivity index (χ2v) is 3.78. The highest BCUT2D eigenvalue weighted by Crippen LogP contribution is 2.14. The summed E-state index contributed by atoms with van der Waals surface area (Å²) in [5.74, 6) is -0.307. The monoisotopic (exact) mass is 210 g/mol. The number of nitrogens with two attached hydrogens (primary N) is 1. The van der Waals surface area contributed by atoms with Crippen LogP contribution in [-0.2, 0) is 4.79 Å². The Labute approximate surface area is 90.2 Å². The van der Waals surface area contributed by atoms with E-state index in [0.717, 1.165) is 19.5 Å². The smallest absolute Gasteiger partial charge is 0.236 e. The van der Waals surface area contributed by atoms with Crippen LogP contribution >= 0.6 is 0 Å². The van der Waals surface area contributed by atoms with Crippen molar-refractivity contribution in [1.29, 1.82) is 5.26 Å². The van der Waals surface area contributed by atoms with Gasteiger partial charge in [-0.2, -0.15) is 5.26 Å². The maximum atomic E-state index is 11.2. The number of nitriles is 1. The van der Waals surface area contributed by atoms with Gasteiger partial charge in [0.05, 0.1) is 12.5 Å². The van der Waals surface area contributed by atoms with Gasteiger partial charge in [0.2, 0.25) is 5.91 Å². The molecule has 5 heteroatoms. The number of piperazine rings is 1. The van der Waals surface area contributed by atoms with Crippen LogP contribution in [0.1, 0.15) is 19.8 Å². The Morgan fingerprint density at radius 1 is 1.80 bits per heavy atom. The van der Waals surface area contributed by atoms with Gasteiger partial charge in [0, 0.05) is 25.7 Å². The normalized spacial score (nSPS) is 24.4. The summed E-state index contributed by atoms with van der Waals surface area (Å²) in [4.78, 5) is 13.3. The number of nitrogens with zero attached hydrogens (tertiary/aromatic N) is 2. The molecular formula is C10H18N4O. The van der Waals surface area contributed by atoms with Crippen molar-refractivity contribution in [1.82, 2.24) is 10.2 Å². The number of rotatable bonds is 4. The Bertz CT molecular complexity index is 261. The summed E-state index contributed by atoms with van der Waals surface area (Å²) in [6.45, 7) is 4.26. The second-order valence-electron chi connectivity index (χ2n) is 3.78. The van der Waals surface area contributed by atoms with Crippen LogP contribution in [0.4, 0.5) is 0 Å². The van der Waals surface area contributed by atoms with E-state index in [-0.39, 0.29) is 18.0 Å². The van der Waals surface area contributed by atoms with Crippen molar-refractivity contribution in [2.24, 2.45) is 5.73 Å². The lowest BCUT2D eigenvalue weighted by Gasteiger charge is -2.38. The van der Waals surface area contributed by atoms with E-state index in [2.05, 4.69) is 16.3 Å². The maximum Gasteiger partial charge on any atom is 0.236 e. The summed E-state index contributed by atoms with van der Waals surface area (Å²) in [6, 6.07) is 2.04. The standard InChI is InChI=1S/C10H18N4O/c1-2-8(3-4-11)14-6-5-13-7-9(14)10(12)15/h8-9,13H,2-3,5-7H2,1H3,(H2,12,15). The summed E-state index contributed by atoms with van der Waals surface area (Å²) >= 11 is 0. The fourth-order valence-corrected chi connectivity index (χ4v) is 2.02. The van der Waals surface area contributed by atoms with E-state index in [0.29, 0.717) is 13.0 Å². The van der Waals surface area contributed by atoms with Crippen molar-refractivity contribution in [3.8, 4) is 6.07 Å². The first-order chi connectivity index (χ1) is 7.20. The predicted molar refractivity (Wildman–Crippen MR) is 56.9 cm³/mol. The molecule has 1 heterocycles. The van der Waals surface area contributed by atoms with Crippen LogP contribution in [0.15, 0.2) is 0 Å². The zero-order chi connectivity index (χ0) is 11.3. The van der Waals surface area contributed by atoms with E-state index < -0.39 is 0 Å². The van der Waals surface area contributed by atoms with Gasteiger partial charge in [-0.1, -0.05) is 6.92 Å². The number of carbonyl (C=O) groups excluding carboxylic acids is 1. The van der Waals surface area contributed by atoms with Crippen LogP contribution in [0.3, 0.4) is 0 Å². The number of carbonyl (C=O) groups is 1. The van der Waals surface area contributed by atoms with Gasteiger partial charge >= 0.3 is 0 Å². The zero-order valence-corrected chi connectivity index (χ0v) is 9.07. The quantitative estimate of drug-likeness (QED) is 0.651. The van der Waals surface area contributed by atoms with Gasteiger partial charge in [-0.25, -0.2) is 0 Å².